The second-order valence-corrected chi connectivity index (χ2v) is 6.37. The summed E-state index contributed by atoms with van der Waals surface area (Å²) in [7, 11) is 0. The molecular formula is C23H24N2O3. The second-order valence-electron chi connectivity index (χ2n) is 6.37. The van der Waals surface area contributed by atoms with Gasteiger partial charge in [-0.15, -0.1) is 0 Å². The lowest BCUT2D eigenvalue weighted by Gasteiger charge is -2.17. The average Bonchev–Trinajstić information content (AvgIpc) is 2.69. The fourth-order valence-electron chi connectivity index (χ4n) is 2.49. The molecule has 5 nitrogen and oxygen atoms in total. The Bertz CT molecular complexity index is 902. The van der Waals surface area contributed by atoms with Crippen LogP contribution in [0.3, 0.4) is 0 Å². The quantitative estimate of drug-likeness (QED) is 0.676. The van der Waals surface area contributed by atoms with Gasteiger partial charge in [-0.05, 0) is 60.9 Å². The molecule has 0 aliphatic carbocycles. The summed E-state index contributed by atoms with van der Waals surface area (Å²) in [6.45, 7) is 3.51. The van der Waals surface area contributed by atoms with Crippen LogP contribution in [0, 0.1) is 11.8 Å². The largest absolute Gasteiger partial charge is 0.391 e. The van der Waals surface area contributed by atoms with Crippen LogP contribution in [0.15, 0.2) is 54.6 Å². The Morgan fingerprint density at radius 3 is 2.32 bits per heavy atom. The Morgan fingerprint density at radius 1 is 1.14 bits per heavy atom. The lowest BCUT2D eigenvalue weighted by atomic mass is 10.1. The molecule has 2 aromatic carbocycles. The molecule has 2 atom stereocenters. The number of primary amides is 1. The number of nitrogens with two attached hydrogens (primary N) is 1. The van der Waals surface area contributed by atoms with Gasteiger partial charge < -0.3 is 16.2 Å². The highest BCUT2D eigenvalue weighted by atomic mass is 16.3. The van der Waals surface area contributed by atoms with E-state index in [-0.39, 0.29) is 0 Å². The van der Waals surface area contributed by atoms with Crippen LogP contribution in [0.2, 0.25) is 0 Å². The van der Waals surface area contributed by atoms with Crippen molar-refractivity contribution in [1.29, 1.82) is 0 Å². The maximum atomic E-state index is 12.2. The Balaban J connectivity index is 1.98. The smallest absolute Gasteiger partial charge is 0.252 e. The third-order valence-electron chi connectivity index (χ3n) is 4.19. The number of carbonyl (C=O) groups excluding carboxylic acids is 2. The zero-order chi connectivity index (χ0) is 20.5. The summed E-state index contributed by atoms with van der Waals surface area (Å²) in [5.74, 6) is 4.69. The van der Waals surface area contributed by atoms with E-state index in [1.807, 2.05) is 6.08 Å². The zero-order valence-corrected chi connectivity index (χ0v) is 16.0. The normalized spacial score (nSPS) is 12.7. The topological polar surface area (TPSA) is 92.4 Å². The van der Waals surface area contributed by atoms with Gasteiger partial charge in [0.25, 0.3) is 5.91 Å². The number of aliphatic hydroxyl groups is 1. The maximum Gasteiger partial charge on any atom is 0.252 e. The fourth-order valence-corrected chi connectivity index (χ4v) is 2.49. The average molecular weight is 376 g/mol. The fraction of sp³-hybridized carbons (Fsp3) is 0.217. The molecule has 0 radical (unpaired) electrons. The van der Waals surface area contributed by atoms with Crippen molar-refractivity contribution in [1.82, 2.24) is 5.32 Å². The van der Waals surface area contributed by atoms with E-state index in [0.717, 1.165) is 17.5 Å². The molecule has 144 valence electrons. The van der Waals surface area contributed by atoms with Gasteiger partial charge >= 0.3 is 0 Å². The number of aryl methyl sites for hydroxylation is 1. The lowest BCUT2D eigenvalue weighted by molar-refractivity contribution is -0.122. The number of carbonyl (C=O) groups is 2. The van der Waals surface area contributed by atoms with Crippen LogP contribution in [-0.2, 0) is 11.2 Å². The Hall–Kier alpha value is -3.36. The number of amides is 2. The van der Waals surface area contributed by atoms with Crippen LogP contribution >= 0.6 is 0 Å². The Morgan fingerprint density at radius 2 is 1.79 bits per heavy atom. The molecule has 0 aliphatic heterocycles. The number of benzene rings is 2. The lowest BCUT2D eigenvalue weighted by Crippen LogP contribution is -2.50. The minimum atomic E-state index is -1.14. The minimum Gasteiger partial charge on any atom is -0.391 e. The Labute approximate surface area is 165 Å². The molecule has 5 heteroatoms. The van der Waals surface area contributed by atoms with Crippen molar-refractivity contribution in [2.45, 2.75) is 32.4 Å². The highest BCUT2D eigenvalue weighted by Crippen LogP contribution is 2.07. The third kappa shape index (κ3) is 6.11. The first kappa shape index (κ1) is 20.9. The summed E-state index contributed by atoms with van der Waals surface area (Å²) in [5, 5.41) is 11.9. The summed E-state index contributed by atoms with van der Waals surface area (Å²) in [4.78, 5) is 23.4. The monoisotopic (exact) mass is 376 g/mol. The van der Waals surface area contributed by atoms with Crippen molar-refractivity contribution in [2.24, 2.45) is 5.73 Å². The van der Waals surface area contributed by atoms with Gasteiger partial charge in [-0.25, -0.2) is 0 Å². The van der Waals surface area contributed by atoms with Crippen LogP contribution in [0.4, 0.5) is 0 Å². The molecule has 2 amide bonds. The van der Waals surface area contributed by atoms with Gasteiger partial charge in [-0.1, -0.05) is 43.0 Å². The van der Waals surface area contributed by atoms with Gasteiger partial charge in [-0.2, -0.15) is 0 Å². The van der Waals surface area contributed by atoms with Crippen molar-refractivity contribution in [3.05, 3.63) is 76.9 Å². The molecular weight excluding hydrogens is 352 g/mol. The van der Waals surface area contributed by atoms with Gasteiger partial charge in [0, 0.05) is 11.1 Å². The molecule has 2 unspecified atom stereocenters. The number of hydrogen-bond donors (Lipinski definition) is 3. The SMILES string of the molecule is CCc1ccc(/C=C/C#Cc2ccc(C(=O)NC(C(N)=O)C(C)O)cc2)cc1. The van der Waals surface area contributed by atoms with E-state index in [9.17, 15) is 14.7 Å². The maximum absolute atomic E-state index is 12.2. The molecule has 0 bridgehead atoms. The summed E-state index contributed by atoms with van der Waals surface area (Å²) >= 11 is 0. The first-order valence-electron chi connectivity index (χ1n) is 9.06. The van der Waals surface area contributed by atoms with Crippen LogP contribution in [-0.4, -0.2) is 29.1 Å². The van der Waals surface area contributed by atoms with E-state index in [2.05, 4.69) is 48.3 Å². The molecule has 0 spiro atoms. The van der Waals surface area contributed by atoms with Crippen molar-refractivity contribution in [3.8, 4) is 11.8 Å². The van der Waals surface area contributed by atoms with Crippen LogP contribution in [0.5, 0.6) is 0 Å². The Kier molecular flexibility index (Phi) is 7.55. The van der Waals surface area contributed by atoms with Gasteiger partial charge in [0.2, 0.25) is 5.91 Å². The number of nitrogens with one attached hydrogen (secondary N) is 1. The van der Waals surface area contributed by atoms with Crippen molar-refractivity contribution in [3.63, 3.8) is 0 Å². The number of aliphatic hydroxyl groups excluding tert-OH is 1. The van der Waals surface area contributed by atoms with Gasteiger partial charge in [0.1, 0.15) is 6.04 Å². The summed E-state index contributed by atoms with van der Waals surface area (Å²) < 4.78 is 0. The highest BCUT2D eigenvalue weighted by molar-refractivity contribution is 5.97. The van der Waals surface area contributed by atoms with Crippen LogP contribution < -0.4 is 11.1 Å². The zero-order valence-electron chi connectivity index (χ0n) is 16.0. The molecule has 0 heterocycles. The number of hydrogen-bond acceptors (Lipinski definition) is 3. The van der Waals surface area contributed by atoms with Crippen molar-refractivity contribution < 1.29 is 14.7 Å². The molecule has 0 aliphatic rings. The van der Waals surface area contributed by atoms with Crippen molar-refractivity contribution >= 4 is 17.9 Å². The van der Waals surface area contributed by atoms with Crippen molar-refractivity contribution in [2.75, 3.05) is 0 Å². The van der Waals surface area contributed by atoms with E-state index < -0.39 is 24.0 Å². The number of rotatable bonds is 6. The van der Waals surface area contributed by atoms with Crippen LogP contribution in [0.25, 0.3) is 6.08 Å². The van der Waals surface area contributed by atoms with E-state index >= 15 is 0 Å². The first-order chi connectivity index (χ1) is 13.4. The highest BCUT2D eigenvalue weighted by Gasteiger charge is 2.23. The summed E-state index contributed by atoms with van der Waals surface area (Å²) in [6, 6.07) is 13.8. The standard InChI is InChI=1S/C23H24N2O3/c1-3-17-8-10-18(11-9-17)6-4-5-7-19-12-14-20(15-13-19)23(28)25-21(16(2)26)22(24)27/h4,6,8-16,21,26H,3H2,1-2H3,(H2,24,27)(H,25,28)/b6-4+. The van der Waals surface area contributed by atoms with E-state index in [0.29, 0.717) is 5.56 Å². The molecule has 0 fully saturated rings. The molecule has 4 N–H and O–H groups in total. The molecule has 0 saturated carbocycles. The summed E-state index contributed by atoms with van der Waals surface area (Å²) in [6.07, 6.45) is 3.66. The molecule has 0 aromatic heterocycles. The summed E-state index contributed by atoms with van der Waals surface area (Å²) in [5.41, 5.74) is 8.66. The predicted octanol–water partition coefficient (Wildman–Crippen LogP) is 2.28. The first-order valence-corrected chi connectivity index (χ1v) is 9.06. The molecule has 0 saturated heterocycles. The van der Waals surface area contributed by atoms with Gasteiger partial charge in [-0.3, -0.25) is 9.59 Å². The number of allylic oxidation sites excluding steroid dienone is 1. The molecule has 28 heavy (non-hydrogen) atoms. The van der Waals surface area contributed by atoms with Crippen LogP contribution in [0.1, 0.15) is 40.9 Å². The third-order valence-corrected chi connectivity index (χ3v) is 4.19. The van der Waals surface area contributed by atoms with E-state index in [4.69, 9.17) is 5.73 Å². The predicted molar refractivity (Wildman–Crippen MR) is 110 cm³/mol. The molecule has 2 aromatic rings. The molecule has 2 rings (SSSR count). The van der Waals surface area contributed by atoms with Gasteiger partial charge in [0.05, 0.1) is 6.10 Å². The minimum absolute atomic E-state index is 0.351. The van der Waals surface area contributed by atoms with E-state index in [1.54, 1.807) is 30.3 Å². The second kappa shape index (κ2) is 10.1. The van der Waals surface area contributed by atoms with Gasteiger partial charge in [0.15, 0.2) is 0 Å². The van der Waals surface area contributed by atoms with E-state index in [1.165, 1.54) is 12.5 Å².